The molecule has 0 unspecified atom stereocenters. The van der Waals surface area contributed by atoms with Gasteiger partial charge >= 0.3 is 0 Å². The van der Waals surface area contributed by atoms with Crippen LogP contribution < -0.4 is 5.32 Å². The zero-order valence-electron chi connectivity index (χ0n) is 19.5. The first-order chi connectivity index (χ1) is 16.6. The molecule has 4 aromatic heterocycles. The maximum Gasteiger partial charge on any atom is 0.252 e. The van der Waals surface area contributed by atoms with Crippen molar-refractivity contribution in [1.29, 1.82) is 0 Å². The smallest absolute Gasteiger partial charge is 0.252 e. The summed E-state index contributed by atoms with van der Waals surface area (Å²) in [6.45, 7) is 3.15. The summed E-state index contributed by atoms with van der Waals surface area (Å²) >= 11 is 3.34. The molecular weight excluding hydrogens is 466 g/mol. The number of carbonyl (C=O) groups excluding carboxylic acids is 1. The van der Waals surface area contributed by atoms with Crippen LogP contribution in [0, 0.1) is 6.92 Å². The Morgan fingerprint density at radius 3 is 2.91 bits per heavy atom. The van der Waals surface area contributed by atoms with Gasteiger partial charge in [0.25, 0.3) is 5.91 Å². The molecule has 0 radical (unpaired) electrons. The molecule has 1 amide bonds. The van der Waals surface area contributed by atoms with Crippen LogP contribution in [0.3, 0.4) is 0 Å². The van der Waals surface area contributed by atoms with Crippen LogP contribution in [0.25, 0.3) is 11.0 Å². The number of nitrogens with zero attached hydrogens (tertiary/aromatic N) is 6. The Hall–Kier alpha value is -2.72. The summed E-state index contributed by atoms with van der Waals surface area (Å²) in [6.07, 6.45) is 10.4. The molecule has 1 fully saturated rings. The van der Waals surface area contributed by atoms with Gasteiger partial charge in [-0.3, -0.25) is 4.79 Å². The number of hydrogen-bond acceptors (Lipinski definition) is 7. The number of pyridine rings is 1. The Morgan fingerprint density at radius 1 is 1.29 bits per heavy atom. The fraction of sp³-hybridized carbons (Fsp3) is 0.458. The predicted molar refractivity (Wildman–Crippen MR) is 136 cm³/mol. The molecule has 0 saturated heterocycles. The average molecular weight is 496 g/mol. The fourth-order valence-electron chi connectivity index (χ4n) is 4.72. The molecule has 0 aromatic carbocycles. The second-order valence-corrected chi connectivity index (χ2v) is 10.5. The molecule has 1 N–H and O–H groups in total. The van der Waals surface area contributed by atoms with Crippen LogP contribution in [-0.4, -0.2) is 48.2 Å². The van der Waals surface area contributed by atoms with Crippen molar-refractivity contribution in [2.75, 3.05) is 12.8 Å². The molecule has 1 aliphatic rings. The number of carbonyl (C=O) groups is 1. The molecule has 10 heteroatoms. The average Bonchev–Trinajstić information content (AvgIpc) is 3.64. The monoisotopic (exact) mass is 495 g/mol. The van der Waals surface area contributed by atoms with E-state index in [1.54, 1.807) is 29.3 Å². The van der Waals surface area contributed by atoms with Crippen LogP contribution in [0.1, 0.15) is 64.9 Å². The van der Waals surface area contributed by atoms with E-state index in [2.05, 4.69) is 47.9 Å². The number of nitrogens with one attached hydrogen (secondary N) is 1. The number of rotatable bonds is 9. The number of thioether (sulfide) groups is 1. The van der Waals surface area contributed by atoms with E-state index < -0.39 is 0 Å². The summed E-state index contributed by atoms with van der Waals surface area (Å²) in [6, 6.07) is 6.47. The zero-order chi connectivity index (χ0) is 23.5. The van der Waals surface area contributed by atoms with E-state index in [4.69, 9.17) is 0 Å². The highest BCUT2D eigenvalue weighted by atomic mass is 32.2. The standard InChI is InChI=1S/C24H29N7OS2/c1-16-13-19(20-14-26-30(22(20)27-16)15-18-9-6-12-34-18)23(32)25-11-5-10-21-28-29-24(33-2)31(21)17-7-3-4-8-17/h6,9,12-14,17H,3-5,7-8,10-11,15H2,1-2H3,(H,25,32). The molecule has 1 aliphatic carbocycles. The normalized spacial score (nSPS) is 14.3. The minimum atomic E-state index is -0.0896. The molecule has 0 bridgehead atoms. The third-order valence-electron chi connectivity index (χ3n) is 6.34. The molecule has 1 saturated carbocycles. The van der Waals surface area contributed by atoms with Crippen LogP contribution in [0.15, 0.2) is 34.9 Å². The largest absolute Gasteiger partial charge is 0.352 e. The summed E-state index contributed by atoms with van der Waals surface area (Å²) in [5, 5.41) is 20.3. The van der Waals surface area contributed by atoms with Crippen molar-refractivity contribution in [2.45, 2.75) is 63.2 Å². The molecule has 178 valence electrons. The summed E-state index contributed by atoms with van der Waals surface area (Å²) in [5.41, 5.74) is 2.17. The van der Waals surface area contributed by atoms with E-state index in [9.17, 15) is 4.79 Å². The van der Waals surface area contributed by atoms with E-state index in [0.29, 0.717) is 24.7 Å². The minimum absolute atomic E-state index is 0.0896. The number of fused-ring (bicyclic) bond motifs is 1. The highest BCUT2D eigenvalue weighted by Crippen LogP contribution is 2.33. The van der Waals surface area contributed by atoms with Crippen LogP contribution in [-0.2, 0) is 13.0 Å². The van der Waals surface area contributed by atoms with E-state index in [1.807, 2.05) is 23.7 Å². The fourth-order valence-corrected chi connectivity index (χ4v) is 5.98. The molecule has 8 nitrogen and oxygen atoms in total. The van der Waals surface area contributed by atoms with Crippen LogP contribution >= 0.6 is 23.1 Å². The Bertz CT molecular complexity index is 1270. The van der Waals surface area contributed by atoms with Crippen molar-refractivity contribution in [2.24, 2.45) is 0 Å². The van der Waals surface area contributed by atoms with Gasteiger partial charge in [-0.05, 0) is 50.0 Å². The molecular formula is C24H29N7OS2. The maximum atomic E-state index is 13.1. The summed E-state index contributed by atoms with van der Waals surface area (Å²) in [7, 11) is 0. The van der Waals surface area contributed by atoms with Crippen molar-refractivity contribution in [1.82, 2.24) is 34.8 Å². The van der Waals surface area contributed by atoms with Crippen molar-refractivity contribution in [3.8, 4) is 0 Å². The second-order valence-electron chi connectivity index (χ2n) is 8.70. The SMILES string of the molecule is CSc1nnc(CCCNC(=O)c2cc(C)nc3c2cnn3Cc2cccs2)n1C1CCCC1. The van der Waals surface area contributed by atoms with Gasteiger partial charge in [0, 0.05) is 29.6 Å². The van der Waals surface area contributed by atoms with Gasteiger partial charge in [-0.2, -0.15) is 5.10 Å². The van der Waals surface area contributed by atoms with Gasteiger partial charge in [-0.25, -0.2) is 9.67 Å². The number of thiophene rings is 1. The molecule has 4 heterocycles. The van der Waals surface area contributed by atoms with Gasteiger partial charge < -0.3 is 9.88 Å². The van der Waals surface area contributed by atoms with E-state index >= 15 is 0 Å². The lowest BCUT2D eigenvalue weighted by atomic mass is 10.1. The minimum Gasteiger partial charge on any atom is -0.352 e. The van der Waals surface area contributed by atoms with Gasteiger partial charge in [0.15, 0.2) is 10.8 Å². The number of hydrogen-bond donors (Lipinski definition) is 1. The molecule has 5 rings (SSSR count). The molecule has 0 atom stereocenters. The van der Waals surface area contributed by atoms with Crippen LogP contribution in [0.2, 0.25) is 0 Å². The number of aryl methyl sites for hydroxylation is 2. The lowest BCUT2D eigenvalue weighted by Crippen LogP contribution is -2.25. The van der Waals surface area contributed by atoms with Gasteiger partial charge in [0.2, 0.25) is 0 Å². The van der Waals surface area contributed by atoms with Gasteiger partial charge in [-0.1, -0.05) is 30.7 Å². The molecule has 0 spiro atoms. The summed E-state index contributed by atoms with van der Waals surface area (Å²) in [5.74, 6) is 0.940. The highest BCUT2D eigenvalue weighted by molar-refractivity contribution is 7.98. The quantitative estimate of drug-likeness (QED) is 0.269. The second kappa shape index (κ2) is 10.3. The molecule has 0 aliphatic heterocycles. The Kier molecular flexibility index (Phi) is 6.96. The Morgan fingerprint density at radius 2 is 2.15 bits per heavy atom. The number of amides is 1. The molecule has 4 aromatic rings. The van der Waals surface area contributed by atoms with Gasteiger partial charge in [0.05, 0.1) is 23.7 Å². The van der Waals surface area contributed by atoms with E-state index in [-0.39, 0.29) is 5.91 Å². The van der Waals surface area contributed by atoms with Crippen molar-refractivity contribution < 1.29 is 4.79 Å². The third kappa shape index (κ3) is 4.74. The first kappa shape index (κ1) is 23.0. The topological polar surface area (TPSA) is 90.5 Å². The van der Waals surface area contributed by atoms with Crippen molar-refractivity contribution in [3.05, 3.63) is 51.7 Å². The first-order valence-electron chi connectivity index (χ1n) is 11.8. The van der Waals surface area contributed by atoms with Crippen LogP contribution in [0.5, 0.6) is 0 Å². The first-order valence-corrected chi connectivity index (χ1v) is 13.9. The Balaban J connectivity index is 1.24. The van der Waals surface area contributed by atoms with E-state index in [1.165, 1.54) is 30.6 Å². The lowest BCUT2D eigenvalue weighted by molar-refractivity contribution is 0.0954. The Labute approximate surface area is 207 Å². The van der Waals surface area contributed by atoms with Crippen LogP contribution in [0.4, 0.5) is 0 Å². The van der Waals surface area contributed by atoms with Crippen molar-refractivity contribution >= 4 is 40.0 Å². The third-order valence-corrected chi connectivity index (χ3v) is 7.84. The van der Waals surface area contributed by atoms with Crippen molar-refractivity contribution in [3.63, 3.8) is 0 Å². The van der Waals surface area contributed by atoms with E-state index in [0.717, 1.165) is 40.5 Å². The molecule has 34 heavy (non-hydrogen) atoms. The predicted octanol–water partition coefficient (Wildman–Crippen LogP) is 4.64. The lowest BCUT2D eigenvalue weighted by Gasteiger charge is -2.16. The summed E-state index contributed by atoms with van der Waals surface area (Å²) in [4.78, 5) is 18.9. The number of aromatic nitrogens is 6. The zero-order valence-corrected chi connectivity index (χ0v) is 21.2. The summed E-state index contributed by atoms with van der Waals surface area (Å²) < 4.78 is 4.20. The van der Waals surface area contributed by atoms with Gasteiger partial charge in [-0.15, -0.1) is 21.5 Å². The maximum absolute atomic E-state index is 13.1. The van der Waals surface area contributed by atoms with Gasteiger partial charge in [0.1, 0.15) is 5.82 Å². The highest BCUT2D eigenvalue weighted by Gasteiger charge is 2.23.